The molecule has 1 aromatic heterocycles. The van der Waals surface area contributed by atoms with Crippen LogP contribution >= 0.6 is 0 Å². The number of carbonyl (C=O) groups is 1. The van der Waals surface area contributed by atoms with Gasteiger partial charge in [0.1, 0.15) is 5.82 Å². The molecule has 1 fully saturated rings. The van der Waals surface area contributed by atoms with E-state index in [1.807, 2.05) is 17.9 Å². The minimum absolute atomic E-state index is 0.105. The van der Waals surface area contributed by atoms with E-state index >= 15 is 0 Å². The van der Waals surface area contributed by atoms with Crippen molar-refractivity contribution in [2.45, 2.75) is 33.0 Å². The minimum Gasteiger partial charge on any atom is -0.363 e. The molecule has 2 aliphatic rings. The fourth-order valence-corrected chi connectivity index (χ4v) is 4.13. The molecule has 6 nitrogen and oxygen atoms in total. The van der Waals surface area contributed by atoms with Crippen LogP contribution in [0.2, 0.25) is 0 Å². The molecule has 29 heavy (non-hydrogen) atoms. The smallest absolute Gasteiger partial charge is 0.254 e. The Balaban J connectivity index is 1.41. The Morgan fingerprint density at radius 2 is 1.83 bits per heavy atom. The number of anilines is 1. The van der Waals surface area contributed by atoms with Crippen molar-refractivity contribution < 1.29 is 4.79 Å². The van der Waals surface area contributed by atoms with Gasteiger partial charge in [-0.05, 0) is 38.1 Å². The number of likely N-dealkylation sites (N-methyl/N-ethyl adjacent to an activating group) is 1. The zero-order chi connectivity index (χ0) is 20.4. The topological polar surface area (TPSA) is 51.7 Å². The van der Waals surface area contributed by atoms with Crippen LogP contribution in [0.3, 0.4) is 0 Å². The van der Waals surface area contributed by atoms with Gasteiger partial charge < -0.3 is 15.1 Å². The molecular formula is C23H31N5O. The first-order chi connectivity index (χ1) is 14.0. The van der Waals surface area contributed by atoms with Gasteiger partial charge in [-0.3, -0.25) is 9.69 Å². The van der Waals surface area contributed by atoms with E-state index in [4.69, 9.17) is 0 Å². The van der Waals surface area contributed by atoms with Gasteiger partial charge in [-0.15, -0.1) is 0 Å². The van der Waals surface area contributed by atoms with Gasteiger partial charge in [-0.1, -0.05) is 24.3 Å². The first-order valence-electron chi connectivity index (χ1n) is 10.6. The molecule has 2 aromatic rings. The summed E-state index contributed by atoms with van der Waals surface area (Å²) in [5.74, 6) is 0.926. The molecule has 2 aliphatic heterocycles. The lowest BCUT2D eigenvalue weighted by Crippen LogP contribution is -2.43. The van der Waals surface area contributed by atoms with Crippen molar-refractivity contribution in [3.63, 3.8) is 0 Å². The van der Waals surface area contributed by atoms with Crippen LogP contribution in [0, 0.1) is 0 Å². The fourth-order valence-electron chi connectivity index (χ4n) is 4.13. The predicted octanol–water partition coefficient (Wildman–Crippen LogP) is 2.98. The van der Waals surface area contributed by atoms with Crippen LogP contribution in [-0.2, 0) is 13.1 Å². The van der Waals surface area contributed by atoms with Crippen LogP contribution in [0.15, 0.2) is 36.5 Å². The normalized spacial score (nSPS) is 18.7. The Morgan fingerprint density at radius 3 is 2.52 bits per heavy atom. The van der Waals surface area contributed by atoms with E-state index in [9.17, 15) is 4.79 Å². The average molecular weight is 394 g/mol. The first kappa shape index (κ1) is 19.9. The summed E-state index contributed by atoms with van der Waals surface area (Å²) >= 11 is 0. The first-order valence-corrected chi connectivity index (χ1v) is 10.6. The summed E-state index contributed by atoms with van der Waals surface area (Å²) in [5, 5.41) is 3.52. The van der Waals surface area contributed by atoms with Gasteiger partial charge in [-0.2, -0.15) is 0 Å². The third-order valence-corrected chi connectivity index (χ3v) is 6.14. The van der Waals surface area contributed by atoms with Crippen molar-refractivity contribution in [3.05, 3.63) is 58.8 Å². The number of hydrogen-bond acceptors (Lipinski definition) is 5. The maximum Gasteiger partial charge on any atom is 0.254 e. The van der Waals surface area contributed by atoms with Crippen LogP contribution in [0.5, 0.6) is 0 Å². The largest absolute Gasteiger partial charge is 0.363 e. The van der Waals surface area contributed by atoms with Gasteiger partial charge in [0.2, 0.25) is 0 Å². The maximum absolute atomic E-state index is 12.4. The van der Waals surface area contributed by atoms with E-state index in [0.29, 0.717) is 6.54 Å². The highest BCUT2D eigenvalue weighted by Crippen LogP contribution is 2.29. The number of nitrogens with one attached hydrogen (secondary N) is 1. The Hall–Kier alpha value is -2.44. The van der Waals surface area contributed by atoms with Gasteiger partial charge in [0, 0.05) is 62.6 Å². The second kappa shape index (κ2) is 8.51. The molecule has 1 saturated heterocycles. The van der Waals surface area contributed by atoms with Gasteiger partial charge in [0.25, 0.3) is 5.91 Å². The Kier molecular flexibility index (Phi) is 5.83. The second-order valence-corrected chi connectivity index (χ2v) is 8.19. The number of fused-ring (bicyclic) bond motifs is 1. The molecule has 1 aromatic carbocycles. The molecule has 0 spiro atoms. The third kappa shape index (κ3) is 4.28. The fraction of sp³-hybridized carbons (Fsp3) is 0.478. The van der Waals surface area contributed by atoms with E-state index in [2.05, 4.69) is 58.3 Å². The minimum atomic E-state index is 0.105. The lowest BCUT2D eigenvalue weighted by atomic mass is 10.0. The van der Waals surface area contributed by atoms with Gasteiger partial charge in [0.15, 0.2) is 0 Å². The lowest BCUT2D eigenvalue weighted by Gasteiger charge is -2.32. The highest BCUT2D eigenvalue weighted by molar-refractivity contribution is 5.99. The van der Waals surface area contributed by atoms with E-state index < -0.39 is 0 Å². The molecule has 1 amide bonds. The molecule has 0 bridgehead atoms. The monoisotopic (exact) mass is 393 g/mol. The summed E-state index contributed by atoms with van der Waals surface area (Å²) in [6.45, 7) is 11.1. The Labute approximate surface area is 173 Å². The number of nitrogens with zero attached hydrogens (tertiary/aromatic N) is 4. The average Bonchev–Trinajstić information content (AvgIpc) is 3.07. The zero-order valence-corrected chi connectivity index (χ0v) is 17.7. The van der Waals surface area contributed by atoms with Crippen LogP contribution < -0.4 is 5.32 Å². The molecule has 1 N–H and O–H groups in total. The van der Waals surface area contributed by atoms with Crippen molar-refractivity contribution in [2.24, 2.45) is 0 Å². The zero-order valence-electron chi connectivity index (χ0n) is 17.7. The van der Waals surface area contributed by atoms with Gasteiger partial charge in [0.05, 0.1) is 6.54 Å². The van der Waals surface area contributed by atoms with E-state index in [1.165, 1.54) is 11.1 Å². The van der Waals surface area contributed by atoms with Crippen LogP contribution in [0.4, 0.5) is 5.82 Å². The standard InChI is InChI=1S/C23H31N5O/c1-4-28-16-21-20(23(28)29)9-10-24-22(21)25-17(2)19-7-5-18(6-8-19)15-27-13-11-26(3)12-14-27/h5-10,17H,4,11-16H2,1-3H3,(H,24,25)/t17-/m0/s1. The van der Waals surface area contributed by atoms with Crippen LogP contribution in [0.1, 0.15) is 46.9 Å². The van der Waals surface area contributed by atoms with E-state index in [-0.39, 0.29) is 11.9 Å². The number of rotatable bonds is 6. The SMILES string of the molecule is CCN1Cc2c(ccnc2N[C@@H](C)c2ccc(CN3CCN(C)CC3)cc2)C1=O. The summed E-state index contributed by atoms with van der Waals surface area (Å²) in [4.78, 5) is 23.7. The molecule has 3 heterocycles. The number of benzene rings is 1. The van der Waals surface area contributed by atoms with E-state index in [1.54, 1.807) is 6.20 Å². The summed E-state index contributed by atoms with van der Waals surface area (Å²) in [6, 6.07) is 10.8. The lowest BCUT2D eigenvalue weighted by molar-refractivity contribution is 0.0787. The number of piperazine rings is 1. The molecule has 4 rings (SSSR count). The number of amides is 1. The Morgan fingerprint density at radius 1 is 1.10 bits per heavy atom. The molecule has 0 saturated carbocycles. The number of aromatic nitrogens is 1. The predicted molar refractivity (Wildman–Crippen MR) is 116 cm³/mol. The van der Waals surface area contributed by atoms with E-state index in [0.717, 1.165) is 56.2 Å². The number of hydrogen-bond donors (Lipinski definition) is 1. The van der Waals surface area contributed by atoms with Gasteiger partial charge in [-0.25, -0.2) is 4.98 Å². The highest BCUT2D eigenvalue weighted by Gasteiger charge is 2.29. The molecule has 6 heteroatoms. The molecule has 0 aliphatic carbocycles. The van der Waals surface area contributed by atoms with Gasteiger partial charge >= 0.3 is 0 Å². The van der Waals surface area contributed by atoms with Crippen LogP contribution in [0.25, 0.3) is 0 Å². The molecule has 0 radical (unpaired) electrons. The van der Waals surface area contributed by atoms with Crippen molar-refractivity contribution in [2.75, 3.05) is 45.1 Å². The summed E-state index contributed by atoms with van der Waals surface area (Å²) in [5.41, 5.74) is 4.37. The molecular weight excluding hydrogens is 362 g/mol. The number of carbonyl (C=O) groups excluding carboxylic acids is 1. The molecule has 1 atom stereocenters. The van der Waals surface area contributed by atoms with Crippen molar-refractivity contribution >= 4 is 11.7 Å². The molecule has 0 unspecified atom stereocenters. The summed E-state index contributed by atoms with van der Waals surface area (Å²) < 4.78 is 0. The van der Waals surface area contributed by atoms with Crippen molar-refractivity contribution in [1.82, 2.24) is 19.7 Å². The second-order valence-electron chi connectivity index (χ2n) is 8.19. The van der Waals surface area contributed by atoms with Crippen molar-refractivity contribution in [1.29, 1.82) is 0 Å². The maximum atomic E-state index is 12.4. The summed E-state index contributed by atoms with van der Waals surface area (Å²) in [7, 11) is 2.19. The van der Waals surface area contributed by atoms with Crippen LogP contribution in [-0.4, -0.2) is 65.4 Å². The molecule has 154 valence electrons. The van der Waals surface area contributed by atoms with Crippen molar-refractivity contribution in [3.8, 4) is 0 Å². The number of pyridine rings is 1. The highest BCUT2D eigenvalue weighted by atomic mass is 16.2. The third-order valence-electron chi connectivity index (χ3n) is 6.14. The quantitative estimate of drug-likeness (QED) is 0.818. The Bertz CT molecular complexity index is 858. The summed E-state index contributed by atoms with van der Waals surface area (Å²) in [6.07, 6.45) is 1.73.